The molecule has 0 aliphatic heterocycles. The summed E-state index contributed by atoms with van der Waals surface area (Å²) < 4.78 is 6.65. The van der Waals surface area contributed by atoms with Gasteiger partial charge in [0.05, 0.1) is 23.3 Å². The Morgan fingerprint density at radius 1 is 1.26 bits per heavy atom. The number of amides is 1. The summed E-state index contributed by atoms with van der Waals surface area (Å²) in [5.74, 6) is 7.23. The zero-order valence-electron chi connectivity index (χ0n) is 17.2. The second-order valence-electron chi connectivity index (χ2n) is 6.89. The van der Waals surface area contributed by atoms with E-state index in [0.717, 1.165) is 29.7 Å². The van der Waals surface area contributed by atoms with E-state index < -0.39 is 0 Å². The van der Waals surface area contributed by atoms with Gasteiger partial charge in [0.15, 0.2) is 11.0 Å². The lowest BCUT2D eigenvalue weighted by Gasteiger charge is -2.03. The van der Waals surface area contributed by atoms with Gasteiger partial charge in [-0.3, -0.25) is 4.79 Å². The van der Waals surface area contributed by atoms with Crippen LogP contribution in [0.4, 0.5) is 5.13 Å². The highest BCUT2D eigenvalue weighted by molar-refractivity contribution is 7.99. The van der Waals surface area contributed by atoms with Crippen LogP contribution in [0.15, 0.2) is 51.5 Å². The summed E-state index contributed by atoms with van der Waals surface area (Å²) in [5.41, 5.74) is 3.96. The number of anilines is 1. The third kappa shape index (κ3) is 4.80. The van der Waals surface area contributed by atoms with E-state index in [9.17, 15) is 4.79 Å². The van der Waals surface area contributed by atoms with Gasteiger partial charge >= 0.3 is 0 Å². The molecule has 1 aromatic carbocycles. The molecule has 0 spiro atoms. The molecule has 0 saturated heterocycles. The van der Waals surface area contributed by atoms with Crippen LogP contribution in [0.1, 0.15) is 24.7 Å². The Bertz CT molecular complexity index is 1180. The first-order valence-electron chi connectivity index (χ1n) is 9.77. The topological polar surface area (TPSA) is 112 Å². The van der Waals surface area contributed by atoms with Crippen LogP contribution in [-0.2, 0) is 11.2 Å². The summed E-state index contributed by atoms with van der Waals surface area (Å²) in [6.45, 7) is 3.99. The van der Waals surface area contributed by atoms with E-state index in [-0.39, 0.29) is 11.7 Å². The molecule has 3 heterocycles. The minimum Gasteiger partial charge on any atom is -0.469 e. The Kier molecular flexibility index (Phi) is 6.38. The molecular weight excluding hydrogens is 432 g/mol. The number of carbonyl (C=O) groups excluding carboxylic acids is 1. The number of thioether (sulfide) groups is 1. The molecule has 0 bridgehead atoms. The van der Waals surface area contributed by atoms with E-state index in [1.807, 2.05) is 12.3 Å². The average Bonchev–Trinajstić information content (AvgIpc) is 3.48. The number of aromatic nitrogens is 4. The standard InChI is InChI=1S/C21H22N6O2S2/c1-3-4-14-5-7-15(8-6-14)17-11-30-20(23-17)24-18(28)12-31-21-26-25-19(27(21)22)16-9-10-29-13(16)2/h5-11H,3-4,12,22H2,1-2H3,(H,23,24,28). The van der Waals surface area contributed by atoms with Crippen molar-refractivity contribution in [2.75, 3.05) is 16.9 Å². The first kappa shape index (κ1) is 21.1. The van der Waals surface area contributed by atoms with Gasteiger partial charge in [0.2, 0.25) is 11.1 Å². The van der Waals surface area contributed by atoms with Crippen LogP contribution in [0.2, 0.25) is 0 Å². The number of hydrogen-bond acceptors (Lipinski definition) is 8. The van der Waals surface area contributed by atoms with Crippen molar-refractivity contribution in [2.45, 2.75) is 31.8 Å². The molecule has 0 aliphatic carbocycles. The molecule has 0 atom stereocenters. The largest absolute Gasteiger partial charge is 0.469 e. The van der Waals surface area contributed by atoms with Gasteiger partial charge in [-0.2, -0.15) is 0 Å². The fourth-order valence-electron chi connectivity index (χ4n) is 3.06. The SMILES string of the molecule is CCCc1ccc(-c2csc(NC(=O)CSc3nnc(-c4ccoc4C)n3N)n2)cc1. The minimum absolute atomic E-state index is 0.139. The fraction of sp³-hybridized carbons (Fsp3) is 0.238. The number of hydrogen-bond donors (Lipinski definition) is 2. The molecule has 0 saturated carbocycles. The molecule has 3 aromatic heterocycles. The molecule has 1 amide bonds. The van der Waals surface area contributed by atoms with Crippen molar-refractivity contribution < 1.29 is 9.21 Å². The van der Waals surface area contributed by atoms with Gasteiger partial charge in [-0.25, -0.2) is 9.66 Å². The first-order chi connectivity index (χ1) is 15.0. The van der Waals surface area contributed by atoms with Crippen molar-refractivity contribution in [2.24, 2.45) is 0 Å². The van der Waals surface area contributed by atoms with Crippen LogP contribution >= 0.6 is 23.1 Å². The van der Waals surface area contributed by atoms with E-state index in [4.69, 9.17) is 10.3 Å². The number of nitrogen functional groups attached to an aromatic ring is 1. The lowest BCUT2D eigenvalue weighted by molar-refractivity contribution is -0.113. The molecular formula is C21H22N6O2S2. The predicted octanol–water partition coefficient (Wildman–Crippen LogP) is 4.37. The van der Waals surface area contributed by atoms with Crippen molar-refractivity contribution in [1.82, 2.24) is 19.9 Å². The maximum Gasteiger partial charge on any atom is 0.236 e. The van der Waals surface area contributed by atoms with Crippen molar-refractivity contribution >= 4 is 34.1 Å². The van der Waals surface area contributed by atoms with Gasteiger partial charge in [-0.1, -0.05) is 49.4 Å². The second kappa shape index (κ2) is 9.36. The van der Waals surface area contributed by atoms with Crippen LogP contribution in [0.25, 0.3) is 22.6 Å². The number of aryl methyl sites for hydroxylation is 2. The number of rotatable bonds is 8. The number of thiazole rings is 1. The van der Waals surface area contributed by atoms with Crippen molar-refractivity contribution in [3.63, 3.8) is 0 Å². The van der Waals surface area contributed by atoms with E-state index in [0.29, 0.717) is 21.9 Å². The van der Waals surface area contributed by atoms with Gasteiger partial charge in [-0.15, -0.1) is 21.5 Å². The number of nitrogens with zero attached hydrogens (tertiary/aromatic N) is 4. The summed E-state index contributed by atoms with van der Waals surface area (Å²) in [5, 5.41) is 13.9. The number of nitrogens with two attached hydrogens (primary N) is 1. The number of benzene rings is 1. The van der Waals surface area contributed by atoms with E-state index >= 15 is 0 Å². The van der Waals surface area contributed by atoms with Crippen molar-refractivity contribution in [3.05, 3.63) is 53.3 Å². The molecule has 0 radical (unpaired) electrons. The molecule has 3 N–H and O–H groups in total. The minimum atomic E-state index is -0.187. The van der Waals surface area contributed by atoms with Crippen molar-refractivity contribution in [1.29, 1.82) is 0 Å². The molecule has 0 fully saturated rings. The Labute approximate surface area is 187 Å². The van der Waals surface area contributed by atoms with Gasteiger partial charge in [0, 0.05) is 10.9 Å². The highest BCUT2D eigenvalue weighted by Crippen LogP contribution is 2.27. The van der Waals surface area contributed by atoms with E-state index in [1.165, 1.54) is 33.3 Å². The van der Waals surface area contributed by atoms with Gasteiger partial charge in [0.25, 0.3) is 0 Å². The summed E-state index contributed by atoms with van der Waals surface area (Å²) >= 11 is 2.60. The molecule has 8 nitrogen and oxygen atoms in total. The summed E-state index contributed by atoms with van der Waals surface area (Å²) in [7, 11) is 0. The van der Waals surface area contributed by atoms with Crippen molar-refractivity contribution in [3.8, 4) is 22.6 Å². The normalized spacial score (nSPS) is 11.0. The smallest absolute Gasteiger partial charge is 0.236 e. The zero-order chi connectivity index (χ0) is 21.8. The lowest BCUT2D eigenvalue weighted by Crippen LogP contribution is -2.16. The molecule has 0 unspecified atom stereocenters. The highest BCUT2D eigenvalue weighted by atomic mass is 32.2. The quantitative estimate of drug-likeness (QED) is 0.300. The van der Waals surface area contributed by atoms with Crippen LogP contribution in [-0.4, -0.2) is 31.5 Å². The zero-order valence-corrected chi connectivity index (χ0v) is 18.8. The van der Waals surface area contributed by atoms with Gasteiger partial charge < -0.3 is 15.6 Å². The van der Waals surface area contributed by atoms with E-state index in [2.05, 4.69) is 51.7 Å². The highest BCUT2D eigenvalue weighted by Gasteiger charge is 2.17. The Hall–Kier alpha value is -3.11. The average molecular weight is 455 g/mol. The third-order valence-electron chi connectivity index (χ3n) is 4.64. The molecule has 31 heavy (non-hydrogen) atoms. The maximum atomic E-state index is 12.4. The summed E-state index contributed by atoms with van der Waals surface area (Å²) in [4.78, 5) is 16.9. The van der Waals surface area contributed by atoms with Gasteiger partial charge in [0.1, 0.15) is 5.76 Å². The van der Waals surface area contributed by atoms with E-state index in [1.54, 1.807) is 12.3 Å². The maximum absolute atomic E-state index is 12.4. The summed E-state index contributed by atoms with van der Waals surface area (Å²) in [6.07, 6.45) is 3.76. The molecule has 4 aromatic rings. The fourth-order valence-corrected chi connectivity index (χ4v) is 4.45. The molecule has 0 aliphatic rings. The Balaban J connectivity index is 1.35. The second-order valence-corrected chi connectivity index (χ2v) is 8.69. The lowest BCUT2D eigenvalue weighted by atomic mass is 10.1. The summed E-state index contributed by atoms with van der Waals surface area (Å²) in [6, 6.07) is 10.1. The van der Waals surface area contributed by atoms with Gasteiger partial charge in [-0.05, 0) is 25.0 Å². The predicted molar refractivity (Wildman–Crippen MR) is 124 cm³/mol. The van der Waals surface area contributed by atoms with Crippen LogP contribution < -0.4 is 11.2 Å². The van der Waals surface area contributed by atoms with Crippen LogP contribution in [0, 0.1) is 6.92 Å². The first-order valence-corrected chi connectivity index (χ1v) is 11.6. The molecule has 10 heteroatoms. The van der Waals surface area contributed by atoms with Crippen LogP contribution in [0.5, 0.6) is 0 Å². The Morgan fingerprint density at radius 3 is 2.77 bits per heavy atom. The number of furan rings is 1. The Morgan fingerprint density at radius 2 is 2.06 bits per heavy atom. The third-order valence-corrected chi connectivity index (χ3v) is 6.34. The van der Waals surface area contributed by atoms with Crippen LogP contribution in [0.3, 0.4) is 0 Å². The molecule has 4 rings (SSSR count). The monoisotopic (exact) mass is 454 g/mol. The number of nitrogens with one attached hydrogen (secondary N) is 1. The molecule has 160 valence electrons. The number of carbonyl (C=O) groups is 1.